The van der Waals surface area contributed by atoms with Gasteiger partial charge in [-0.2, -0.15) is 0 Å². The predicted molar refractivity (Wildman–Crippen MR) is 96.6 cm³/mol. The molecule has 5 heteroatoms. The van der Waals surface area contributed by atoms with Gasteiger partial charge in [-0.3, -0.25) is 0 Å². The second-order valence-electron chi connectivity index (χ2n) is 6.31. The summed E-state index contributed by atoms with van der Waals surface area (Å²) in [6.45, 7) is 1.06. The van der Waals surface area contributed by atoms with Crippen molar-refractivity contribution >= 4 is 6.03 Å². The van der Waals surface area contributed by atoms with Crippen molar-refractivity contribution in [3.63, 3.8) is 0 Å². The van der Waals surface area contributed by atoms with Crippen LogP contribution < -0.4 is 10.1 Å². The van der Waals surface area contributed by atoms with Gasteiger partial charge in [0.05, 0.1) is 19.3 Å². The molecule has 1 aliphatic heterocycles. The number of benzene rings is 2. The highest BCUT2D eigenvalue weighted by Gasteiger charge is 2.25. The standard InChI is InChI=1S/C20H24N2O3/c1-25-18-11-9-16(10-12-18)19(15-6-3-2-4-7-15)21-20(24)22-13-5-8-17(23)14-22/h2-4,6-7,9-12,17,19,23H,5,8,13-14H2,1H3,(H,21,24). The molecule has 2 aromatic carbocycles. The number of rotatable bonds is 4. The molecule has 1 aliphatic rings. The minimum Gasteiger partial charge on any atom is -0.497 e. The van der Waals surface area contributed by atoms with Gasteiger partial charge in [0.1, 0.15) is 5.75 Å². The van der Waals surface area contributed by atoms with Crippen LogP contribution in [0.25, 0.3) is 0 Å². The molecule has 2 unspecified atom stereocenters. The number of methoxy groups -OCH3 is 1. The Hall–Kier alpha value is -2.53. The van der Waals surface area contributed by atoms with Crippen LogP contribution in [0.4, 0.5) is 4.79 Å². The molecule has 3 rings (SSSR count). The summed E-state index contributed by atoms with van der Waals surface area (Å²) in [6.07, 6.45) is 1.15. The molecule has 1 heterocycles. The fraction of sp³-hybridized carbons (Fsp3) is 0.350. The van der Waals surface area contributed by atoms with Crippen LogP contribution >= 0.6 is 0 Å². The van der Waals surface area contributed by atoms with Crippen molar-refractivity contribution in [1.82, 2.24) is 10.2 Å². The molecule has 25 heavy (non-hydrogen) atoms. The molecule has 5 nitrogen and oxygen atoms in total. The second-order valence-corrected chi connectivity index (χ2v) is 6.31. The number of ether oxygens (including phenoxy) is 1. The van der Waals surface area contributed by atoms with Gasteiger partial charge in [-0.25, -0.2) is 4.79 Å². The molecule has 2 aromatic rings. The number of likely N-dealkylation sites (tertiary alicyclic amines) is 1. The van der Waals surface area contributed by atoms with E-state index in [0.29, 0.717) is 13.1 Å². The van der Waals surface area contributed by atoms with E-state index in [1.807, 2.05) is 54.6 Å². The number of carbonyl (C=O) groups excluding carboxylic acids is 1. The van der Waals surface area contributed by atoms with E-state index in [9.17, 15) is 9.90 Å². The second kappa shape index (κ2) is 8.03. The van der Waals surface area contributed by atoms with Crippen molar-refractivity contribution in [2.45, 2.75) is 25.0 Å². The summed E-state index contributed by atoms with van der Waals surface area (Å²) < 4.78 is 5.22. The smallest absolute Gasteiger partial charge is 0.318 e. The summed E-state index contributed by atoms with van der Waals surface area (Å²) in [5.74, 6) is 0.779. The van der Waals surface area contributed by atoms with Crippen molar-refractivity contribution in [2.24, 2.45) is 0 Å². The third-order valence-corrected chi connectivity index (χ3v) is 4.53. The van der Waals surface area contributed by atoms with Crippen molar-refractivity contribution in [3.05, 3.63) is 65.7 Å². The highest BCUT2D eigenvalue weighted by molar-refractivity contribution is 5.75. The Kier molecular flexibility index (Phi) is 5.56. The van der Waals surface area contributed by atoms with E-state index < -0.39 is 6.10 Å². The van der Waals surface area contributed by atoms with Gasteiger partial charge < -0.3 is 20.1 Å². The number of urea groups is 1. The predicted octanol–water partition coefficient (Wildman–Crippen LogP) is 2.95. The molecule has 0 spiro atoms. The molecule has 0 aromatic heterocycles. The molecule has 0 bridgehead atoms. The Bertz CT molecular complexity index is 688. The van der Waals surface area contributed by atoms with E-state index in [0.717, 1.165) is 29.7 Å². The minimum atomic E-state index is -0.435. The fourth-order valence-corrected chi connectivity index (χ4v) is 3.15. The summed E-state index contributed by atoms with van der Waals surface area (Å²) >= 11 is 0. The van der Waals surface area contributed by atoms with Crippen LogP contribution in [0.1, 0.15) is 30.0 Å². The lowest BCUT2D eigenvalue weighted by Gasteiger charge is -2.32. The van der Waals surface area contributed by atoms with Gasteiger partial charge >= 0.3 is 6.03 Å². The third-order valence-electron chi connectivity index (χ3n) is 4.53. The number of nitrogens with one attached hydrogen (secondary N) is 1. The first-order valence-corrected chi connectivity index (χ1v) is 8.60. The Morgan fingerprint density at radius 1 is 1.16 bits per heavy atom. The summed E-state index contributed by atoms with van der Waals surface area (Å²) in [5, 5.41) is 12.9. The number of nitrogens with zero attached hydrogens (tertiary/aromatic N) is 1. The molecule has 2 N–H and O–H groups in total. The first-order chi connectivity index (χ1) is 12.2. The average molecular weight is 340 g/mol. The Morgan fingerprint density at radius 2 is 1.84 bits per heavy atom. The minimum absolute atomic E-state index is 0.150. The van der Waals surface area contributed by atoms with Gasteiger partial charge in [0.15, 0.2) is 0 Å². The van der Waals surface area contributed by atoms with E-state index in [2.05, 4.69) is 5.32 Å². The first-order valence-electron chi connectivity index (χ1n) is 8.60. The zero-order chi connectivity index (χ0) is 17.6. The van der Waals surface area contributed by atoms with Crippen LogP contribution in [-0.2, 0) is 0 Å². The maximum absolute atomic E-state index is 12.7. The van der Waals surface area contributed by atoms with Crippen molar-refractivity contribution < 1.29 is 14.6 Å². The highest BCUT2D eigenvalue weighted by atomic mass is 16.5. The van der Waals surface area contributed by atoms with Gasteiger partial charge in [-0.15, -0.1) is 0 Å². The average Bonchev–Trinajstić information content (AvgIpc) is 2.67. The normalized spacial score (nSPS) is 18.5. The lowest BCUT2D eigenvalue weighted by molar-refractivity contribution is 0.0837. The van der Waals surface area contributed by atoms with Crippen LogP contribution in [-0.4, -0.2) is 42.3 Å². The summed E-state index contributed by atoms with van der Waals surface area (Å²) in [4.78, 5) is 14.4. The monoisotopic (exact) mass is 340 g/mol. The lowest BCUT2D eigenvalue weighted by Crippen LogP contribution is -2.48. The number of carbonyl (C=O) groups is 1. The number of amides is 2. The molecule has 0 aliphatic carbocycles. The van der Waals surface area contributed by atoms with Gasteiger partial charge in [-0.05, 0) is 36.1 Å². The number of aliphatic hydroxyl groups is 1. The maximum atomic E-state index is 12.7. The molecule has 1 fully saturated rings. The lowest BCUT2D eigenvalue weighted by atomic mass is 9.98. The maximum Gasteiger partial charge on any atom is 0.318 e. The number of hydrogen-bond acceptors (Lipinski definition) is 3. The largest absolute Gasteiger partial charge is 0.497 e. The van der Waals surface area contributed by atoms with Gasteiger partial charge in [-0.1, -0.05) is 42.5 Å². The van der Waals surface area contributed by atoms with Crippen LogP contribution in [0.5, 0.6) is 5.75 Å². The molecule has 0 radical (unpaired) electrons. The Morgan fingerprint density at radius 3 is 2.48 bits per heavy atom. The van der Waals surface area contributed by atoms with E-state index in [4.69, 9.17) is 4.74 Å². The summed E-state index contributed by atoms with van der Waals surface area (Å²) in [5.41, 5.74) is 2.00. The Labute approximate surface area is 148 Å². The van der Waals surface area contributed by atoms with Crippen LogP contribution in [0.15, 0.2) is 54.6 Å². The summed E-state index contributed by atoms with van der Waals surface area (Å²) in [6, 6.07) is 17.2. The van der Waals surface area contributed by atoms with Crippen LogP contribution in [0.3, 0.4) is 0 Å². The molecule has 0 saturated carbocycles. The molecule has 132 valence electrons. The third kappa shape index (κ3) is 4.31. The first kappa shape index (κ1) is 17.3. The van der Waals surface area contributed by atoms with Crippen LogP contribution in [0.2, 0.25) is 0 Å². The highest BCUT2D eigenvalue weighted by Crippen LogP contribution is 2.24. The molecule has 1 saturated heterocycles. The molecular weight excluding hydrogens is 316 g/mol. The number of β-amino-alcohol motifs (C(OH)–C–C–N with tert-alkyl or cyclic N) is 1. The van der Waals surface area contributed by atoms with E-state index in [1.165, 1.54) is 0 Å². The van der Waals surface area contributed by atoms with Crippen LogP contribution in [0, 0.1) is 0 Å². The zero-order valence-corrected chi connectivity index (χ0v) is 14.4. The molecule has 2 amide bonds. The molecular formula is C20H24N2O3. The molecule has 2 atom stereocenters. The van der Waals surface area contributed by atoms with E-state index >= 15 is 0 Å². The summed E-state index contributed by atoms with van der Waals surface area (Å²) in [7, 11) is 1.63. The van der Waals surface area contributed by atoms with Crippen molar-refractivity contribution in [3.8, 4) is 5.75 Å². The van der Waals surface area contributed by atoms with Crippen molar-refractivity contribution in [2.75, 3.05) is 20.2 Å². The Balaban J connectivity index is 1.82. The topological polar surface area (TPSA) is 61.8 Å². The number of piperidine rings is 1. The van der Waals surface area contributed by atoms with Crippen molar-refractivity contribution in [1.29, 1.82) is 0 Å². The SMILES string of the molecule is COc1ccc(C(NC(=O)N2CCCC(O)C2)c2ccccc2)cc1. The number of aliphatic hydroxyl groups excluding tert-OH is 1. The van der Waals surface area contributed by atoms with Gasteiger partial charge in [0.25, 0.3) is 0 Å². The quantitative estimate of drug-likeness (QED) is 0.899. The fourth-order valence-electron chi connectivity index (χ4n) is 3.15. The van der Waals surface area contributed by atoms with E-state index in [-0.39, 0.29) is 12.1 Å². The van der Waals surface area contributed by atoms with E-state index in [1.54, 1.807) is 12.0 Å². The zero-order valence-electron chi connectivity index (χ0n) is 14.4. The number of hydrogen-bond donors (Lipinski definition) is 2. The van der Waals surface area contributed by atoms with Gasteiger partial charge in [0, 0.05) is 13.1 Å². The van der Waals surface area contributed by atoms with Gasteiger partial charge in [0.2, 0.25) is 0 Å².